The number of rotatable bonds is 7. The number of amides is 1. The molecule has 0 aliphatic heterocycles. The first-order valence-electron chi connectivity index (χ1n) is 7.84. The molecule has 134 valence electrons. The number of carbonyl (C=O) groups excluding carboxylic acids is 1. The van der Waals surface area contributed by atoms with Crippen molar-refractivity contribution in [1.82, 2.24) is 0 Å². The van der Waals surface area contributed by atoms with E-state index in [9.17, 15) is 18.3 Å². The Labute approximate surface area is 147 Å². The molecular weight excluding hydrogens is 342 g/mol. The Morgan fingerprint density at radius 2 is 1.72 bits per heavy atom. The molecule has 0 fully saturated rings. The predicted octanol–water partition coefficient (Wildman–Crippen LogP) is 2.22. The summed E-state index contributed by atoms with van der Waals surface area (Å²) in [6.45, 7) is 1.56. The van der Waals surface area contributed by atoms with Crippen molar-refractivity contribution < 1.29 is 23.1 Å². The van der Waals surface area contributed by atoms with Crippen molar-refractivity contribution >= 4 is 15.9 Å². The second-order valence-corrected chi connectivity index (χ2v) is 7.87. The quantitative estimate of drug-likeness (QED) is 0.784. The summed E-state index contributed by atoms with van der Waals surface area (Å²) >= 11 is 0. The minimum absolute atomic E-state index is 0.00973. The molecule has 2 rings (SSSR count). The molecule has 6 nitrogen and oxygen atoms in total. The Balaban J connectivity index is 2.26. The zero-order valence-corrected chi connectivity index (χ0v) is 14.6. The van der Waals surface area contributed by atoms with Crippen molar-refractivity contribution in [3.63, 3.8) is 0 Å². The van der Waals surface area contributed by atoms with Crippen molar-refractivity contribution in [2.24, 2.45) is 5.73 Å². The Bertz CT molecular complexity index is 803. The third-order valence-electron chi connectivity index (χ3n) is 3.83. The average Bonchev–Trinajstić information content (AvgIpc) is 2.60. The lowest BCUT2D eigenvalue weighted by molar-refractivity contribution is 0.00535. The van der Waals surface area contributed by atoms with Gasteiger partial charge in [-0.3, -0.25) is 0 Å². The first-order valence-corrected chi connectivity index (χ1v) is 9.49. The largest absolute Gasteiger partial charge is 0.439 e. The van der Waals surface area contributed by atoms with Gasteiger partial charge in [0.2, 0.25) is 0 Å². The summed E-state index contributed by atoms with van der Waals surface area (Å²) in [5, 5.41) is 10.5. The van der Waals surface area contributed by atoms with Crippen LogP contribution in [-0.2, 0) is 21.0 Å². The van der Waals surface area contributed by atoms with Gasteiger partial charge in [0.25, 0.3) is 0 Å². The fraction of sp³-hybridized carbons (Fsp3) is 0.278. The summed E-state index contributed by atoms with van der Waals surface area (Å²) in [6, 6.07) is 15.1. The average molecular weight is 363 g/mol. The maximum atomic E-state index is 11.9. The van der Waals surface area contributed by atoms with Gasteiger partial charge in [0.15, 0.2) is 15.9 Å². The normalized spacial score (nSPS) is 13.8. The third kappa shape index (κ3) is 5.04. The summed E-state index contributed by atoms with van der Waals surface area (Å²) in [7, 11) is -3.33. The highest BCUT2D eigenvalue weighted by atomic mass is 32.2. The van der Waals surface area contributed by atoms with E-state index in [1.54, 1.807) is 6.92 Å². The van der Waals surface area contributed by atoms with Crippen molar-refractivity contribution in [3.8, 4) is 0 Å². The second-order valence-electron chi connectivity index (χ2n) is 5.59. The molecule has 25 heavy (non-hydrogen) atoms. The molecule has 7 heteroatoms. The number of ether oxygens (including phenoxy) is 1. The van der Waals surface area contributed by atoms with Crippen molar-refractivity contribution in [3.05, 3.63) is 65.7 Å². The van der Waals surface area contributed by atoms with E-state index in [1.807, 2.05) is 30.3 Å². The van der Waals surface area contributed by atoms with E-state index in [0.29, 0.717) is 5.56 Å². The number of benzene rings is 2. The molecule has 0 aliphatic rings. The van der Waals surface area contributed by atoms with Gasteiger partial charge in [0.1, 0.15) is 0 Å². The second kappa shape index (κ2) is 8.13. The molecule has 0 spiro atoms. The number of carbonyl (C=O) groups is 1. The van der Waals surface area contributed by atoms with Gasteiger partial charge in [-0.05, 0) is 23.3 Å². The van der Waals surface area contributed by atoms with Gasteiger partial charge in [-0.15, -0.1) is 0 Å². The van der Waals surface area contributed by atoms with Crippen molar-refractivity contribution in [2.45, 2.75) is 30.4 Å². The zero-order chi connectivity index (χ0) is 18.4. The SMILES string of the molecule is CCS(=O)(=O)c1ccc(C(OC(N)=O)[C@H](O)Cc2ccccc2)cc1. The van der Waals surface area contributed by atoms with E-state index in [0.717, 1.165) is 5.56 Å². The van der Waals surface area contributed by atoms with E-state index >= 15 is 0 Å². The van der Waals surface area contributed by atoms with Crippen LogP contribution in [0.2, 0.25) is 0 Å². The van der Waals surface area contributed by atoms with E-state index in [2.05, 4.69) is 0 Å². The summed E-state index contributed by atoms with van der Waals surface area (Å²) in [5.41, 5.74) is 6.46. The number of nitrogens with two attached hydrogens (primary N) is 1. The summed E-state index contributed by atoms with van der Waals surface area (Å²) in [5.74, 6) is -0.00973. The Morgan fingerprint density at radius 3 is 2.24 bits per heavy atom. The zero-order valence-electron chi connectivity index (χ0n) is 13.8. The molecule has 0 aliphatic carbocycles. The minimum atomic E-state index is -3.33. The lowest BCUT2D eigenvalue weighted by Crippen LogP contribution is -2.28. The molecule has 0 saturated carbocycles. The molecule has 3 N–H and O–H groups in total. The summed E-state index contributed by atoms with van der Waals surface area (Å²) in [6.07, 6.45) is -2.77. The first kappa shape index (κ1) is 19.0. The summed E-state index contributed by atoms with van der Waals surface area (Å²) in [4.78, 5) is 11.4. The lowest BCUT2D eigenvalue weighted by Gasteiger charge is -2.23. The molecule has 2 aromatic carbocycles. The maximum absolute atomic E-state index is 11.9. The highest BCUT2D eigenvalue weighted by Crippen LogP contribution is 2.25. The van der Waals surface area contributed by atoms with Gasteiger partial charge in [0.05, 0.1) is 16.8 Å². The van der Waals surface area contributed by atoms with Crippen LogP contribution in [0.1, 0.15) is 24.2 Å². The molecule has 0 bridgehead atoms. The number of hydrogen-bond acceptors (Lipinski definition) is 5. The molecule has 1 unspecified atom stereocenters. The molecule has 0 heterocycles. The monoisotopic (exact) mass is 363 g/mol. The van der Waals surface area contributed by atoms with Gasteiger partial charge in [-0.2, -0.15) is 0 Å². The van der Waals surface area contributed by atoms with Gasteiger partial charge >= 0.3 is 6.09 Å². The van der Waals surface area contributed by atoms with Gasteiger partial charge in [-0.1, -0.05) is 49.4 Å². The van der Waals surface area contributed by atoms with Crippen LogP contribution in [0.25, 0.3) is 0 Å². The Hall–Kier alpha value is -2.38. The maximum Gasteiger partial charge on any atom is 0.405 e. The van der Waals surface area contributed by atoms with E-state index in [4.69, 9.17) is 10.5 Å². The topological polar surface area (TPSA) is 107 Å². The smallest absolute Gasteiger partial charge is 0.405 e. The van der Waals surface area contributed by atoms with E-state index < -0.39 is 28.1 Å². The highest BCUT2D eigenvalue weighted by Gasteiger charge is 2.25. The van der Waals surface area contributed by atoms with Crippen LogP contribution in [0, 0.1) is 0 Å². The van der Waals surface area contributed by atoms with Crippen LogP contribution in [0.4, 0.5) is 4.79 Å². The molecule has 1 amide bonds. The molecule has 2 aromatic rings. The van der Waals surface area contributed by atoms with Crippen LogP contribution >= 0.6 is 0 Å². The van der Waals surface area contributed by atoms with Crippen LogP contribution in [0.5, 0.6) is 0 Å². The van der Waals surface area contributed by atoms with Gasteiger partial charge in [-0.25, -0.2) is 13.2 Å². The predicted molar refractivity (Wildman–Crippen MR) is 93.7 cm³/mol. The van der Waals surface area contributed by atoms with E-state index in [1.165, 1.54) is 24.3 Å². The van der Waals surface area contributed by atoms with Crippen molar-refractivity contribution in [2.75, 3.05) is 5.75 Å². The molecule has 0 aromatic heterocycles. The first-order chi connectivity index (χ1) is 11.8. The third-order valence-corrected chi connectivity index (χ3v) is 5.58. The highest BCUT2D eigenvalue weighted by molar-refractivity contribution is 7.91. The number of aliphatic hydroxyl groups is 1. The number of primary amides is 1. The van der Waals surface area contributed by atoms with E-state index in [-0.39, 0.29) is 17.1 Å². The van der Waals surface area contributed by atoms with Crippen LogP contribution in [0.15, 0.2) is 59.5 Å². The molecular formula is C18H21NO5S. The standard InChI is InChI=1S/C18H21NO5S/c1-2-25(22,23)15-10-8-14(9-11-15)17(24-18(19)21)16(20)12-13-6-4-3-5-7-13/h3-11,16-17,20H,2,12H2,1H3,(H2,19,21)/t16-,17?/m1/s1. The Morgan fingerprint density at radius 1 is 1.12 bits per heavy atom. The molecule has 0 saturated heterocycles. The number of hydrogen-bond donors (Lipinski definition) is 2. The number of aliphatic hydroxyl groups excluding tert-OH is 1. The van der Waals surface area contributed by atoms with Crippen molar-refractivity contribution in [1.29, 1.82) is 0 Å². The fourth-order valence-electron chi connectivity index (χ4n) is 2.49. The van der Waals surface area contributed by atoms with Crippen LogP contribution in [-0.4, -0.2) is 31.5 Å². The van der Waals surface area contributed by atoms with Gasteiger partial charge in [0, 0.05) is 6.42 Å². The van der Waals surface area contributed by atoms with Crippen LogP contribution < -0.4 is 5.73 Å². The van der Waals surface area contributed by atoms with Gasteiger partial charge < -0.3 is 15.6 Å². The molecule has 0 radical (unpaired) electrons. The lowest BCUT2D eigenvalue weighted by atomic mass is 9.98. The summed E-state index contributed by atoms with van der Waals surface area (Å²) < 4.78 is 28.8. The fourth-order valence-corrected chi connectivity index (χ4v) is 3.37. The van der Waals surface area contributed by atoms with Crippen LogP contribution in [0.3, 0.4) is 0 Å². The number of sulfone groups is 1. The molecule has 2 atom stereocenters. The minimum Gasteiger partial charge on any atom is -0.439 e. The Kier molecular flexibility index (Phi) is 6.17.